The summed E-state index contributed by atoms with van der Waals surface area (Å²) in [4.78, 5) is 0. The van der Waals surface area contributed by atoms with E-state index in [-0.39, 0.29) is 5.60 Å². The minimum Gasteiger partial charge on any atom is -0.482 e. The lowest BCUT2D eigenvalue weighted by atomic mass is 9.83. The summed E-state index contributed by atoms with van der Waals surface area (Å²) < 4.78 is 7.42. The van der Waals surface area contributed by atoms with E-state index in [4.69, 9.17) is 4.74 Å². The second-order valence-electron chi connectivity index (χ2n) is 4.72. The molecule has 1 fully saturated rings. The molecular formula is C14H15BrO. The van der Waals surface area contributed by atoms with Crippen LogP contribution >= 0.6 is 15.9 Å². The van der Waals surface area contributed by atoms with Gasteiger partial charge in [-0.2, -0.15) is 0 Å². The summed E-state index contributed by atoms with van der Waals surface area (Å²) in [5.41, 5.74) is 1.14. The lowest BCUT2D eigenvalue weighted by molar-refractivity contribution is 0.0751. The lowest BCUT2D eigenvalue weighted by Crippen LogP contribution is -2.38. The average Bonchev–Trinajstić information content (AvgIpc) is 2.30. The van der Waals surface area contributed by atoms with Gasteiger partial charge in [-0.05, 0) is 37.8 Å². The number of ether oxygens (including phenoxy) is 1. The van der Waals surface area contributed by atoms with Gasteiger partial charge in [0.2, 0.25) is 0 Å². The molecular weight excluding hydrogens is 264 g/mol. The first kappa shape index (κ1) is 10.4. The van der Waals surface area contributed by atoms with E-state index in [1.807, 2.05) is 6.07 Å². The quantitative estimate of drug-likeness (QED) is 0.678. The molecule has 1 aromatic rings. The molecule has 84 valence electrons. The number of para-hydroxylation sites is 1. The van der Waals surface area contributed by atoms with Crippen molar-refractivity contribution in [3.05, 3.63) is 35.9 Å². The number of benzene rings is 1. The molecule has 1 aromatic carbocycles. The maximum atomic E-state index is 6.22. The minimum absolute atomic E-state index is 0.0363. The molecule has 2 aliphatic rings. The summed E-state index contributed by atoms with van der Waals surface area (Å²) in [6.45, 7) is 0. The first-order chi connectivity index (χ1) is 7.79. The molecule has 0 bridgehead atoms. The SMILES string of the molecule is BrC1=CC2(CCCCC2)Oc2ccccc21. The smallest absolute Gasteiger partial charge is 0.129 e. The van der Waals surface area contributed by atoms with Crippen LogP contribution in [0.5, 0.6) is 5.75 Å². The number of hydrogen-bond donors (Lipinski definition) is 0. The number of hydrogen-bond acceptors (Lipinski definition) is 1. The summed E-state index contributed by atoms with van der Waals surface area (Å²) in [6, 6.07) is 8.27. The van der Waals surface area contributed by atoms with Gasteiger partial charge in [0, 0.05) is 10.0 Å². The fraction of sp³-hybridized carbons (Fsp3) is 0.429. The highest BCUT2D eigenvalue weighted by Gasteiger charge is 2.35. The molecule has 0 radical (unpaired) electrons. The largest absolute Gasteiger partial charge is 0.482 e. The van der Waals surface area contributed by atoms with Crippen LogP contribution in [0.1, 0.15) is 37.7 Å². The van der Waals surface area contributed by atoms with Crippen LogP contribution < -0.4 is 4.74 Å². The van der Waals surface area contributed by atoms with Crippen molar-refractivity contribution in [2.24, 2.45) is 0 Å². The summed E-state index contributed by atoms with van der Waals surface area (Å²) in [5, 5.41) is 0. The third kappa shape index (κ3) is 1.69. The molecule has 0 amide bonds. The van der Waals surface area contributed by atoms with Crippen LogP contribution in [0.2, 0.25) is 0 Å². The van der Waals surface area contributed by atoms with E-state index >= 15 is 0 Å². The van der Waals surface area contributed by atoms with Gasteiger partial charge in [0.1, 0.15) is 11.4 Å². The van der Waals surface area contributed by atoms with Crippen molar-refractivity contribution < 1.29 is 4.74 Å². The van der Waals surface area contributed by atoms with Crippen molar-refractivity contribution in [2.45, 2.75) is 37.7 Å². The van der Waals surface area contributed by atoms with Crippen LogP contribution in [0.4, 0.5) is 0 Å². The summed E-state index contributed by atoms with van der Waals surface area (Å²) in [7, 11) is 0. The molecule has 1 heterocycles. The van der Waals surface area contributed by atoms with Gasteiger partial charge in [0.25, 0.3) is 0 Å². The van der Waals surface area contributed by atoms with E-state index in [9.17, 15) is 0 Å². The van der Waals surface area contributed by atoms with Crippen molar-refractivity contribution in [2.75, 3.05) is 0 Å². The Balaban J connectivity index is 2.01. The molecule has 0 saturated heterocycles. The Labute approximate surface area is 105 Å². The molecule has 0 atom stereocenters. The van der Waals surface area contributed by atoms with Gasteiger partial charge in [-0.3, -0.25) is 0 Å². The summed E-state index contributed by atoms with van der Waals surface area (Å²) in [5.74, 6) is 1.03. The molecule has 0 N–H and O–H groups in total. The van der Waals surface area contributed by atoms with Crippen molar-refractivity contribution in [1.29, 1.82) is 0 Å². The molecule has 1 aliphatic heterocycles. The van der Waals surface area contributed by atoms with Crippen LogP contribution in [-0.4, -0.2) is 5.60 Å². The molecule has 16 heavy (non-hydrogen) atoms. The number of halogens is 1. The Bertz CT molecular complexity index is 430. The van der Waals surface area contributed by atoms with E-state index < -0.39 is 0 Å². The molecule has 1 saturated carbocycles. The Morgan fingerprint density at radius 2 is 1.81 bits per heavy atom. The van der Waals surface area contributed by atoms with Gasteiger partial charge >= 0.3 is 0 Å². The van der Waals surface area contributed by atoms with Crippen molar-refractivity contribution in [3.63, 3.8) is 0 Å². The molecule has 0 aromatic heterocycles. The second kappa shape index (κ2) is 3.92. The van der Waals surface area contributed by atoms with Crippen molar-refractivity contribution >= 4 is 20.4 Å². The first-order valence-electron chi connectivity index (χ1n) is 5.96. The standard InChI is InChI=1S/C14H15BrO/c15-12-10-14(8-4-1-5-9-14)16-13-7-3-2-6-11(12)13/h2-3,6-7,10H,1,4-5,8-9H2. The van der Waals surface area contributed by atoms with E-state index in [0.29, 0.717) is 0 Å². The third-order valence-corrected chi connectivity index (χ3v) is 4.20. The van der Waals surface area contributed by atoms with Gasteiger partial charge in [-0.1, -0.05) is 40.5 Å². The summed E-state index contributed by atoms with van der Waals surface area (Å²) in [6.07, 6.45) is 8.47. The molecule has 1 aliphatic carbocycles. The molecule has 1 spiro atoms. The highest BCUT2D eigenvalue weighted by atomic mass is 79.9. The van der Waals surface area contributed by atoms with Gasteiger partial charge in [-0.25, -0.2) is 0 Å². The average molecular weight is 279 g/mol. The molecule has 2 heteroatoms. The fourth-order valence-electron chi connectivity index (χ4n) is 2.71. The van der Waals surface area contributed by atoms with Crippen LogP contribution in [0.25, 0.3) is 4.48 Å². The highest BCUT2D eigenvalue weighted by molar-refractivity contribution is 9.15. The van der Waals surface area contributed by atoms with Crippen LogP contribution in [-0.2, 0) is 0 Å². The van der Waals surface area contributed by atoms with E-state index in [1.165, 1.54) is 29.3 Å². The Morgan fingerprint density at radius 3 is 2.62 bits per heavy atom. The maximum Gasteiger partial charge on any atom is 0.129 e. The van der Waals surface area contributed by atoms with Crippen LogP contribution in [0.3, 0.4) is 0 Å². The van der Waals surface area contributed by atoms with Gasteiger partial charge in [0.15, 0.2) is 0 Å². The monoisotopic (exact) mass is 278 g/mol. The van der Waals surface area contributed by atoms with Gasteiger partial charge in [0.05, 0.1) is 0 Å². The fourth-order valence-corrected chi connectivity index (χ4v) is 3.45. The second-order valence-corrected chi connectivity index (χ2v) is 5.57. The van der Waals surface area contributed by atoms with Gasteiger partial charge in [-0.15, -0.1) is 0 Å². The van der Waals surface area contributed by atoms with Crippen LogP contribution in [0, 0.1) is 0 Å². The molecule has 1 nitrogen and oxygen atoms in total. The third-order valence-electron chi connectivity index (χ3n) is 3.55. The van der Waals surface area contributed by atoms with Crippen molar-refractivity contribution in [1.82, 2.24) is 0 Å². The van der Waals surface area contributed by atoms with Crippen LogP contribution in [0.15, 0.2) is 30.3 Å². The lowest BCUT2D eigenvalue weighted by Gasteiger charge is -2.38. The minimum atomic E-state index is -0.0363. The Morgan fingerprint density at radius 1 is 1.06 bits per heavy atom. The van der Waals surface area contributed by atoms with E-state index in [1.54, 1.807) is 0 Å². The molecule has 3 rings (SSSR count). The summed E-state index contributed by atoms with van der Waals surface area (Å²) >= 11 is 3.68. The topological polar surface area (TPSA) is 9.23 Å². The van der Waals surface area contributed by atoms with E-state index in [2.05, 4.69) is 40.2 Å². The number of rotatable bonds is 0. The van der Waals surface area contributed by atoms with E-state index in [0.717, 1.165) is 18.6 Å². The van der Waals surface area contributed by atoms with Crippen molar-refractivity contribution in [3.8, 4) is 5.75 Å². The maximum absolute atomic E-state index is 6.22. The zero-order valence-electron chi connectivity index (χ0n) is 9.21. The normalized spacial score (nSPS) is 22.2. The van der Waals surface area contributed by atoms with Gasteiger partial charge < -0.3 is 4.74 Å². The zero-order chi connectivity index (χ0) is 11.0. The predicted octanol–water partition coefficient (Wildman–Crippen LogP) is 4.52. The zero-order valence-corrected chi connectivity index (χ0v) is 10.8. The Hall–Kier alpha value is -0.760. The molecule has 0 unspecified atom stereocenters. The predicted molar refractivity (Wildman–Crippen MR) is 69.8 cm³/mol. The highest BCUT2D eigenvalue weighted by Crippen LogP contribution is 2.44. The number of fused-ring (bicyclic) bond motifs is 1. The first-order valence-corrected chi connectivity index (χ1v) is 6.75. The Kier molecular flexibility index (Phi) is 2.55.